The average Bonchev–Trinajstić information content (AvgIpc) is 2.99. The second-order valence-corrected chi connectivity index (χ2v) is 6.18. The van der Waals surface area contributed by atoms with Gasteiger partial charge >= 0.3 is 0 Å². The molecule has 0 spiro atoms. The monoisotopic (exact) mass is 291 g/mol. The molecule has 0 saturated carbocycles. The number of carbonyl (C=O) groups excluding carboxylic acids is 1. The molecule has 1 amide bonds. The molecule has 2 N–H and O–H groups in total. The topological polar surface area (TPSA) is 57.8 Å². The Hall–Kier alpha value is -1.62. The first-order valence-corrected chi connectivity index (χ1v) is 7.90. The summed E-state index contributed by atoms with van der Waals surface area (Å²) < 4.78 is 0. The fraction of sp³-hybridized carbons (Fsp3) is 0.467. The third kappa shape index (κ3) is 3.48. The van der Waals surface area contributed by atoms with Gasteiger partial charge in [0.25, 0.3) is 5.91 Å². The number of nitrogens with one attached hydrogen (secondary N) is 2. The van der Waals surface area contributed by atoms with Crippen molar-refractivity contribution in [1.82, 2.24) is 10.2 Å². The van der Waals surface area contributed by atoms with Gasteiger partial charge in [-0.25, -0.2) is 0 Å². The largest absolute Gasteiger partial charge is 0.304 e. The minimum atomic E-state index is -0.0741. The Morgan fingerprint density at radius 2 is 2.05 bits per heavy atom. The van der Waals surface area contributed by atoms with Crippen LogP contribution in [0.4, 0.5) is 5.82 Å². The maximum absolute atomic E-state index is 12.2. The molecule has 0 fully saturated rings. The van der Waals surface area contributed by atoms with Gasteiger partial charge in [0.2, 0.25) is 0 Å². The van der Waals surface area contributed by atoms with Crippen LogP contribution >= 0.6 is 11.3 Å². The molecule has 0 radical (unpaired) electrons. The summed E-state index contributed by atoms with van der Waals surface area (Å²) in [4.78, 5) is 14.2. The highest BCUT2D eigenvalue weighted by atomic mass is 32.1. The van der Waals surface area contributed by atoms with E-state index in [-0.39, 0.29) is 5.91 Å². The molecule has 108 valence electrons. The van der Waals surface area contributed by atoms with Gasteiger partial charge in [-0.2, -0.15) is 5.10 Å². The first-order chi connectivity index (χ1) is 9.63. The zero-order valence-corrected chi connectivity index (χ0v) is 13.1. The summed E-state index contributed by atoms with van der Waals surface area (Å²) in [5.74, 6) is 0.525. The van der Waals surface area contributed by atoms with E-state index in [1.165, 1.54) is 10.4 Å². The van der Waals surface area contributed by atoms with Gasteiger partial charge in [-0.1, -0.05) is 26.7 Å². The molecule has 0 aromatic carbocycles. The summed E-state index contributed by atoms with van der Waals surface area (Å²) in [5.41, 5.74) is 2.33. The van der Waals surface area contributed by atoms with Crippen LogP contribution in [0.2, 0.25) is 0 Å². The lowest BCUT2D eigenvalue weighted by atomic mass is 10.1. The van der Waals surface area contributed by atoms with Crippen molar-refractivity contribution >= 4 is 23.1 Å². The van der Waals surface area contributed by atoms with E-state index in [1.807, 2.05) is 12.1 Å². The van der Waals surface area contributed by atoms with Crippen LogP contribution in [0.1, 0.15) is 52.5 Å². The van der Waals surface area contributed by atoms with Crippen molar-refractivity contribution in [3.8, 4) is 0 Å². The SMILES string of the molecule is CCCc1cc(NC(=O)c2cc(CCC)c(C)s2)n[nH]1. The van der Waals surface area contributed by atoms with Crippen molar-refractivity contribution in [2.45, 2.75) is 46.5 Å². The van der Waals surface area contributed by atoms with Crippen molar-refractivity contribution in [3.05, 3.63) is 33.1 Å². The highest BCUT2D eigenvalue weighted by Crippen LogP contribution is 2.23. The normalized spacial score (nSPS) is 10.8. The third-order valence-electron chi connectivity index (χ3n) is 3.16. The third-order valence-corrected chi connectivity index (χ3v) is 4.25. The molecule has 0 saturated heterocycles. The van der Waals surface area contributed by atoms with Gasteiger partial charge in [-0.3, -0.25) is 9.89 Å². The lowest BCUT2D eigenvalue weighted by Crippen LogP contribution is -2.10. The second kappa shape index (κ2) is 6.70. The van der Waals surface area contributed by atoms with Crippen LogP contribution in [-0.2, 0) is 12.8 Å². The van der Waals surface area contributed by atoms with Gasteiger partial charge in [0.05, 0.1) is 4.88 Å². The molecular formula is C15H21N3OS. The molecule has 2 aromatic rings. The second-order valence-electron chi connectivity index (χ2n) is 4.92. The quantitative estimate of drug-likeness (QED) is 0.847. The van der Waals surface area contributed by atoms with E-state index < -0.39 is 0 Å². The number of thiophene rings is 1. The van der Waals surface area contributed by atoms with Gasteiger partial charge in [0, 0.05) is 16.6 Å². The van der Waals surface area contributed by atoms with Crippen molar-refractivity contribution in [1.29, 1.82) is 0 Å². The lowest BCUT2D eigenvalue weighted by molar-refractivity contribution is 0.103. The predicted octanol–water partition coefficient (Wildman–Crippen LogP) is 3.94. The summed E-state index contributed by atoms with van der Waals surface area (Å²) >= 11 is 1.55. The molecule has 2 rings (SSSR count). The summed E-state index contributed by atoms with van der Waals surface area (Å²) in [5, 5.41) is 9.90. The van der Waals surface area contributed by atoms with E-state index in [2.05, 4.69) is 36.3 Å². The van der Waals surface area contributed by atoms with Crippen molar-refractivity contribution in [2.75, 3.05) is 5.32 Å². The van der Waals surface area contributed by atoms with E-state index in [4.69, 9.17) is 0 Å². The first kappa shape index (κ1) is 14.8. The Morgan fingerprint density at radius 3 is 2.75 bits per heavy atom. The number of aromatic amines is 1. The number of rotatable bonds is 6. The molecule has 0 aliphatic carbocycles. The van der Waals surface area contributed by atoms with Crippen molar-refractivity contribution < 1.29 is 4.79 Å². The predicted molar refractivity (Wildman–Crippen MR) is 83.6 cm³/mol. The van der Waals surface area contributed by atoms with Crippen LogP contribution < -0.4 is 5.32 Å². The number of amides is 1. The highest BCUT2D eigenvalue weighted by molar-refractivity contribution is 7.14. The molecule has 0 atom stereocenters. The number of nitrogens with zero attached hydrogens (tertiary/aromatic N) is 1. The Balaban J connectivity index is 2.05. The van der Waals surface area contributed by atoms with Crippen LogP contribution in [0.3, 0.4) is 0 Å². The van der Waals surface area contributed by atoms with Gasteiger partial charge in [-0.15, -0.1) is 11.3 Å². The van der Waals surface area contributed by atoms with Crippen molar-refractivity contribution in [2.24, 2.45) is 0 Å². The minimum Gasteiger partial charge on any atom is -0.304 e. The number of hydrogen-bond donors (Lipinski definition) is 2. The maximum Gasteiger partial charge on any atom is 0.266 e. The van der Waals surface area contributed by atoms with Gasteiger partial charge in [0.15, 0.2) is 5.82 Å². The van der Waals surface area contributed by atoms with Gasteiger partial charge < -0.3 is 5.32 Å². The zero-order valence-electron chi connectivity index (χ0n) is 12.2. The number of anilines is 1. The molecule has 0 unspecified atom stereocenters. The molecule has 0 bridgehead atoms. The smallest absolute Gasteiger partial charge is 0.266 e. The number of aryl methyl sites for hydroxylation is 3. The van der Waals surface area contributed by atoms with E-state index in [0.29, 0.717) is 5.82 Å². The standard InChI is InChI=1S/C15H21N3OS/c1-4-6-11-8-13(20-10(11)3)15(19)16-14-9-12(7-5-2)17-18-14/h8-9H,4-7H2,1-3H3,(H2,16,17,18,19). The Kier molecular flexibility index (Phi) is 4.95. The average molecular weight is 291 g/mol. The minimum absolute atomic E-state index is 0.0741. The molecular weight excluding hydrogens is 270 g/mol. The van der Waals surface area contributed by atoms with E-state index in [9.17, 15) is 4.79 Å². The molecule has 4 nitrogen and oxygen atoms in total. The van der Waals surface area contributed by atoms with E-state index >= 15 is 0 Å². The molecule has 5 heteroatoms. The number of hydrogen-bond acceptors (Lipinski definition) is 3. The Labute approximate surface area is 123 Å². The van der Waals surface area contributed by atoms with Crippen LogP contribution in [0.25, 0.3) is 0 Å². The first-order valence-electron chi connectivity index (χ1n) is 7.09. The van der Waals surface area contributed by atoms with E-state index in [1.54, 1.807) is 11.3 Å². The van der Waals surface area contributed by atoms with Crippen molar-refractivity contribution in [3.63, 3.8) is 0 Å². The van der Waals surface area contributed by atoms with Gasteiger partial charge in [0.1, 0.15) is 0 Å². The van der Waals surface area contributed by atoms with Crippen LogP contribution in [0, 0.1) is 6.92 Å². The summed E-state index contributed by atoms with van der Waals surface area (Å²) in [6.45, 7) is 6.33. The fourth-order valence-corrected chi connectivity index (χ4v) is 3.12. The zero-order chi connectivity index (χ0) is 14.5. The summed E-state index contributed by atoms with van der Waals surface area (Å²) in [7, 11) is 0. The number of carbonyl (C=O) groups is 1. The van der Waals surface area contributed by atoms with Gasteiger partial charge in [-0.05, 0) is 31.4 Å². The number of H-pyrrole nitrogens is 1. The van der Waals surface area contributed by atoms with E-state index in [0.717, 1.165) is 36.3 Å². The Morgan fingerprint density at radius 1 is 1.30 bits per heavy atom. The highest BCUT2D eigenvalue weighted by Gasteiger charge is 2.13. The van der Waals surface area contributed by atoms with Crippen LogP contribution in [-0.4, -0.2) is 16.1 Å². The van der Waals surface area contributed by atoms with Crippen LogP contribution in [0.15, 0.2) is 12.1 Å². The molecule has 0 aliphatic rings. The summed E-state index contributed by atoms with van der Waals surface area (Å²) in [6.07, 6.45) is 4.12. The van der Waals surface area contributed by atoms with Crippen LogP contribution in [0.5, 0.6) is 0 Å². The summed E-state index contributed by atoms with van der Waals surface area (Å²) in [6, 6.07) is 3.90. The fourth-order valence-electron chi connectivity index (χ4n) is 2.15. The molecule has 2 heterocycles. The Bertz CT molecular complexity index is 586. The number of aromatic nitrogens is 2. The maximum atomic E-state index is 12.2. The lowest BCUT2D eigenvalue weighted by Gasteiger charge is -1.97. The molecule has 20 heavy (non-hydrogen) atoms. The molecule has 0 aliphatic heterocycles. The molecule has 2 aromatic heterocycles.